The van der Waals surface area contributed by atoms with Crippen molar-refractivity contribution in [1.82, 2.24) is 20.0 Å². The fourth-order valence-electron chi connectivity index (χ4n) is 1.79. The van der Waals surface area contributed by atoms with Gasteiger partial charge in [-0.2, -0.15) is 5.10 Å². The lowest BCUT2D eigenvalue weighted by molar-refractivity contribution is -0.116. The van der Waals surface area contributed by atoms with E-state index in [1.165, 1.54) is 0 Å². The molecule has 7 nitrogen and oxygen atoms in total. The van der Waals surface area contributed by atoms with Crippen LogP contribution in [0.4, 0.5) is 6.01 Å². The summed E-state index contributed by atoms with van der Waals surface area (Å²) in [6, 6.07) is 2.11. The van der Waals surface area contributed by atoms with Gasteiger partial charge in [0.25, 0.3) is 5.89 Å². The second-order valence-electron chi connectivity index (χ2n) is 4.82. The zero-order valence-electron chi connectivity index (χ0n) is 12.0. The number of aromatic nitrogens is 4. The Kier molecular flexibility index (Phi) is 4.49. The molecule has 0 spiro atoms. The van der Waals surface area contributed by atoms with Gasteiger partial charge >= 0.3 is 6.01 Å². The minimum Gasteiger partial charge on any atom is -0.401 e. The minimum absolute atomic E-state index is 0.112. The van der Waals surface area contributed by atoms with Crippen molar-refractivity contribution in [3.05, 3.63) is 12.3 Å². The molecule has 2 aromatic heterocycles. The Morgan fingerprint density at radius 3 is 2.95 bits per heavy atom. The Morgan fingerprint density at radius 1 is 1.45 bits per heavy atom. The van der Waals surface area contributed by atoms with Gasteiger partial charge in [0, 0.05) is 18.7 Å². The molecule has 0 aromatic carbocycles. The summed E-state index contributed by atoms with van der Waals surface area (Å²) >= 11 is 0. The van der Waals surface area contributed by atoms with Gasteiger partial charge in [-0.05, 0) is 26.3 Å². The Bertz CT molecular complexity index is 573. The van der Waals surface area contributed by atoms with Crippen molar-refractivity contribution < 1.29 is 9.21 Å². The number of carbonyl (C=O) groups is 1. The number of hydrogen-bond donors (Lipinski definition) is 1. The third kappa shape index (κ3) is 3.23. The van der Waals surface area contributed by atoms with Crippen molar-refractivity contribution in [1.29, 1.82) is 0 Å². The lowest BCUT2D eigenvalue weighted by Gasteiger charge is -2.07. The van der Waals surface area contributed by atoms with E-state index >= 15 is 0 Å². The molecule has 2 aromatic rings. The van der Waals surface area contributed by atoms with Crippen molar-refractivity contribution in [2.45, 2.75) is 46.1 Å². The quantitative estimate of drug-likeness (QED) is 0.877. The number of carbonyl (C=O) groups excluding carboxylic acids is 1. The summed E-state index contributed by atoms with van der Waals surface area (Å²) in [6.45, 7) is 6.06. The van der Waals surface area contributed by atoms with E-state index in [1.807, 2.05) is 20.8 Å². The van der Waals surface area contributed by atoms with Crippen LogP contribution < -0.4 is 5.32 Å². The summed E-state index contributed by atoms with van der Waals surface area (Å²) in [5.74, 6) is 0.237. The summed E-state index contributed by atoms with van der Waals surface area (Å²) in [5.41, 5.74) is 0.738. The molecule has 0 unspecified atom stereocenters. The highest BCUT2D eigenvalue weighted by Gasteiger charge is 2.16. The number of unbranched alkanes of at least 4 members (excludes halogenated alkanes) is 1. The van der Waals surface area contributed by atoms with Crippen molar-refractivity contribution in [3.63, 3.8) is 0 Å². The van der Waals surface area contributed by atoms with Gasteiger partial charge in [0.2, 0.25) is 5.91 Å². The van der Waals surface area contributed by atoms with Gasteiger partial charge in [0.1, 0.15) is 5.69 Å². The third-order valence-electron chi connectivity index (χ3n) is 2.81. The molecule has 7 heteroatoms. The number of rotatable bonds is 6. The number of nitrogens with one attached hydrogen (secondary N) is 1. The summed E-state index contributed by atoms with van der Waals surface area (Å²) in [5, 5.41) is 14.6. The first-order valence-electron chi connectivity index (χ1n) is 6.79. The molecule has 0 aliphatic heterocycles. The Hall–Kier alpha value is -2.18. The van der Waals surface area contributed by atoms with Gasteiger partial charge in [0.05, 0.1) is 0 Å². The van der Waals surface area contributed by atoms with Gasteiger partial charge in [-0.25, -0.2) is 0 Å². The van der Waals surface area contributed by atoms with Gasteiger partial charge in [0.15, 0.2) is 0 Å². The van der Waals surface area contributed by atoms with Gasteiger partial charge in [-0.3, -0.25) is 14.8 Å². The van der Waals surface area contributed by atoms with E-state index in [9.17, 15) is 4.79 Å². The summed E-state index contributed by atoms with van der Waals surface area (Å²) < 4.78 is 7.24. The zero-order chi connectivity index (χ0) is 14.5. The lowest BCUT2D eigenvalue weighted by atomic mass is 10.2. The standard InChI is InChI=1S/C13H19N5O2/c1-4-5-6-11(19)15-13-17-16-12(20-13)10-7-8-14-18(10)9(2)3/h7-9H,4-6H2,1-3H3,(H,15,17,19). The molecule has 0 aliphatic carbocycles. The van der Waals surface area contributed by atoms with Crippen molar-refractivity contribution in [2.24, 2.45) is 0 Å². The fourth-order valence-corrected chi connectivity index (χ4v) is 1.79. The maximum atomic E-state index is 11.6. The molecule has 108 valence electrons. The maximum Gasteiger partial charge on any atom is 0.322 e. The Labute approximate surface area is 117 Å². The van der Waals surface area contributed by atoms with E-state index in [-0.39, 0.29) is 18.0 Å². The maximum absolute atomic E-state index is 11.6. The van der Waals surface area contributed by atoms with Crippen LogP contribution in [-0.4, -0.2) is 25.9 Å². The van der Waals surface area contributed by atoms with Crippen LogP contribution in [0.2, 0.25) is 0 Å². The van der Waals surface area contributed by atoms with Gasteiger partial charge in [-0.15, -0.1) is 5.10 Å². The monoisotopic (exact) mass is 277 g/mol. The van der Waals surface area contributed by atoms with E-state index < -0.39 is 0 Å². The van der Waals surface area contributed by atoms with Crippen LogP contribution >= 0.6 is 0 Å². The highest BCUT2D eigenvalue weighted by Crippen LogP contribution is 2.22. The van der Waals surface area contributed by atoms with Gasteiger partial charge < -0.3 is 4.42 Å². The summed E-state index contributed by atoms with van der Waals surface area (Å²) in [6.07, 6.45) is 3.94. The Balaban J connectivity index is 2.09. The molecule has 0 atom stereocenters. The number of nitrogens with zero attached hydrogens (tertiary/aromatic N) is 4. The molecule has 0 aliphatic rings. The van der Waals surface area contributed by atoms with Crippen LogP contribution in [0, 0.1) is 0 Å². The van der Waals surface area contributed by atoms with Crippen LogP contribution in [0.1, 0.15) is 46.1 Å². The first-order chi connectivity index (χ1) is 9.61. The second-order valence-corrected chi connectivity index (χ2v) is 4.82. The van der Waals surface area contributed by atoms with Crippen molar-refractivity contribution in [2.75, 3.05) is 5.32 Å². The van der Waals surface area contributed by atoms with Crippen LogP contribution in [0.3, 0.4) is 0 Å². The van der Waals surface area contributed by atoms with E-state index in [0.29, 0.717) is 12.3 Å². The molecule has 1 N–H and O–H groups in total. The molecule has 0 fully saturated rings. The highest BCUT2D eigenvalue weighted by molar-refractivity contribution is 5.88. The lowest BCUT2D eigenvalue weighted by Crippen LogP contribution is -2.11. The SMILES string of the molecule is CCCCC(=O)Nc1nnc(-c2ccnn2C(C)C)o1. The van der Waals surface area contributed by atoms with Crippen molar-refractivity contribution >= 4 is 11.9 Å². The fraction of sp³-hybridized carbons (Fsp3) is 0.538. The van der Waals surface area contributed by atoms with Crippen LogP contribution in [0.25, 0.3) is 11.6 Å². The average molecular weight is 277 g/mol. The molecule has 0 bridgehead atoms. The molecule has 1 amide bonds. The molecular weight excluding hydrogens is 258 g/mol. The molecule has 0 saturated heterocycles. The highest BCUT2D eigenvalue weighted by atomic mass is 16.4. The van der Waals surface area contributed by atoms with E-state index in [1.54, 1.807) is 16.9 Å². The smallest absolute Gasteiger partial charge is 0.322 e. The predicted molar refractivity (Wildman–Crippen MR) is 74.1 cm³/mol. The predicted octanol–water partition coefficient (Wildman–Crippen LogP) is 2.64. The van der Waals surface area contributed by atoms with Crippen molar-refractivity contribution in [3.8, 4) is 11.6 Å². The number of amides is 1. The second kappa shape index (κ2) is 6.31. The van der Waals surface area contributed by atoms with Crippen LogP contribution in [0.5, 0.6) is 0 Å². The summed E-state index contributed by atoms with van der Waals surface area (Å²) in [4.78, 5) is 11.6. The molecule has 0 radical (unpaired) electrons. The largest absolute Gasteiger partial charge is 0.401 e. The van der Waals surface area contributed by atoms with Gasteiger partial charge in [-0.1, -0.05) is 18.4 Å². The number of hydrogen-bond acceptors (Lipinski definition) is 5. The molecule has 20 heavy (non-hydrogen) atoms. The molecular formula is C13H19N5O2. The topological polar surface area (TPSA) is 85.8 Å². The average Bonchev–Trinajstić information content (AvgIpc) is 3.03. The first-order valence-corrected chi connectivity index (χ1v) is 6.79. The summed E-state index contributed by atoms with van der Waals surface area (Å²) in [7, 11) is 0. The van der Waals surface area contributed by atoms with Crippen LogP contribution in [0.15, 0.2) is 16.7 Å². The zero-order valence-corrected chi connectivity index (χ0v) is 12.0. The van der Waals surface area contributed by atoms with Crippen LogP contribution in [-0.2, 0) is 4.79 Å². The van der Waals surface area contributed by atoms with E-state index in [4.69, 9.17) is 4.42 Å². The Morgan fingerprint density at radius 2 is 2.25 bits per heavy atom. The number of anilines is 1. The molecule has 2 rings (SSSR count). The van der Waals surface area contributed by atoms with E-state index in [2.05, 4.69) is 20.6 Å². The molecule has 2 heterocycles. The minimum atomic E-state index is -0.112. The third-order valence-corrected chi connectivity index (χ3v) is 2.81. The molecule has 0 saturated carbocycles. The normalized spacial score (nSPS) is 11.0. The first kappa shape index (κ1) is 14.2. The van der Waals surface area contributed by atoms with E-state index in [0.717, 1.165) is 18.5 Å².